The molecule has 2 aliphatic rings. The van der Waals surface area contributed by atoms with Crippen LogP contribution in [0.3, 0.4) is 0 Å². The maximum Gasteiger partial charge on any atom is 0.254 e. The Morgan fingerprint density at radius 1 is 1.11 bits per heavy atom. The third-order valence-electron chi connectivity index (χ3n) is 7.71. The molecule has 1 aliphatic carbocycles. The van der Waals surface area contributed by atoms with Crippen LogP contribution in [0, 0.1) is 5.82 Å². The summed E-state index contributed by atoms with van der Waals surface area (Å²) < 4.78 is 21.5. The standard InChI is InChI=1S/C27H29FN6O2/c1-16-7-8-17-13-19(28)9-12-24(17)33(16)25(26-30-31-32-34(26)20-5-3-4-6-20)22-15-18-14-21(36-2)10-11-23(18)29-27(22)35/h9-16,20,25H,3-8H2,1-2H3,(H,29,35). The molecule has 1 aliphatic heterocycles. The van der Waals surface area contributed by atoms with Crippen LogP contribution in [-0.4, -0.2) is 38.3 Å². The lowest BCUT2D eigenvalue weighted by atomic mass is 9.92. The van der Waals surface area contributed by atoms with Crippen molar-refractivity contribution in [2.24, 2.45) is 0 Å². The molecular formula is C27H29FN6O2. The van der Waals surface area contributed by atoms with Gasteiger partial charge in [0.2, 0.25) is 0 Å². The molecule has 4 aromatic rings. The monoisotopic (exact) mass is 488 g/mol. The fourth-order valence-corrected chi connectivity index (χ4v) is 5.88. The normalized spacial score (nSPS) is 19.0. The van der Waals surface area contributed by atoms with Crippen LogP contribution in [0.2, 0.25) is 0 Å². The van der Waals surface area contributed by atoms with E-state index in [1.54, 1.807) is 13.2 Å². The third kappa shape index (κ3) is 3.83. The van der Waals surface area contributed by atoms with Gasteiger partial charge >= 0.3 is 0 Å². The van der Waals surface area contributed by atoms with Crippen molar-refractivity contribution in [1.29, 1.82) is 0 Å². The summed E-state index contributed by atoms with van der Waals surface area (Å²) in [4.78, 5) is 18.9. The summed E-state index contributed by atoms with van der Waals surface area (Å²) in [6, 6.07) is 12.1. The van der Waals surface area contributed by atoms with Gasteiger partial charge in [0, 0.05) is 28.2 Å². The summed E-state index contributed by atoms with van der Waals surface area (Å²) in [6.07, 6.45) is 5.88. The third-order valence-corrected chi connectivity index (χ3v) is 7.71. The topological polar surface area (TPSA) is 88.9 Å². The van der Waals surface area contributed by atoms with E-state index in [2.05, 4.69) is 32.3 Å². The molecule has 9 heteroatoms. The quantitative estimate of drug-likeness (QED) is 0.438. The molecule has 2 aromatic heterocycles. The number of halogens is 1. The second kappa shape index (κ2) is 9.04. The van der Waals surface area contributed by atoms with Crippen LogP contribution in [0.15, 0.2) is 47.3 Å². The number of tetrazole rings is 1. The number of fused-ring (bicyclic) bond motifs is 2. The molecule has 2 aromatic carbocycles. The zero-order valence-corrected chi connectivity index (χ0v) is 20.4. The first-order chi connectivity index (χ1) is 17.5. The maximum atomic E-state index is 14.2. The summed E-state index contributed by atoms with van der Waals surface area (Å²) >= 11 is 0. The van der Waals surface area contributed by atoms with E-state index in [9.17, 15) is 9.18 Å². The molecule has 6 rings (SSSR count). The molecule has 1 fully saturated rings. The van der Waals surface area contributed by atoms with Gasteiger partial charge in [0.05, 0.1) is 13.2 Å². The second-order valence-electron chi connectivity index (χ2n) is 9.90. The minimum atomic E-state index is -0.542. The number of aryl methyl sites for hydroxylation is 1. The van der Waals surface area contributed by atoms with E-state index < -0.39 is 6.04 Å². The smallest absolute Gasteiger partial charge is 0.254 e. The van der Waals surface area contributed by atoms with Crippen LogP contribution >= 0.6 is 0 Å². The molecule has 0 amide bonds. The number of benzene rings is 2. The highest BCUT2D eigenvalue weighted by atomic mass is 19.1. The number of aromatic amines is 1. The highest BCUT2D eigenvalue weighted by Crippen LogP contribution is 2.41. The summed E-state index contributed by atoms with van der Waals surface area (Å²) in [6.45, 7) is 2.14. The van der Waals surface area contributed by atoms with Crippen molar-refractivity contribution in [1.82, 2.24) is 25.2 Å². The average molecular weight is 489 g/mol. The van der Waals surface area contributed by atoms with Crippen molar-refractivity contribution in [3.63, 3.8) is 0 Å². The van der Waals surface area contributed by atoms with E-state index in [0.29, 0.717) is 17.1 Å². The van der Waals surface area contributed by atoms with Crippen molar-refractivity contribution >= 4 is 16.6 Å². The molecule has 0 spiro atoms. The maximum absolute atomic E-state index is 14.2. The Balaban J connectivity index is 1.59. The van der Waals surface area contributed by atoms with Crippen molar-refractivity contribution in [3.05, 3.63) is 75.6 Å². The molecule has 1 saturated carbocycles. The number of methoxy groups -OCH3 is 1. The Kier molecular flexibility index (Phi) is 5.70. The van der Waals surface area contributed by atoms with Crippen molar-refractivity contribution < 1.29 is 9.13 Å². The predicted molar refractivity (Wildman–Crippen MR) is 135 cm³/mol. The van der Waals surface area contributed by atoms with Crippen LogP contribution in [0.1, 0.15) is 68.1 Å². The molecule has 36 heavy (non-hydrogen) atoms. The van der Waals surface area contributed by atoms with E-state index in [1.165, 1.54) is 6.07 Å². The number of pyridine rings is 1. The summed E-state index contributed by atoms with van der Waals surface area (Å²) in [5.74, 6) is 1.09. The molecule has 3 heterocycles. The van der Waals surface area contributed by atoms with Gasteiger partial charge in [-0.15, -0.1) is 5.10 Å². The van der Waals surface area contributed by atoms with Gasteiger partial charge < -0.3 is 14.6 Å². The molecule has 0 bridgehead atoms. The predicted octanol–water partition coefficient (Wildman–Crippen LogP) is 4.71. The van der Waals surface area contributed by atoms with Crippen LogP contribution < -0.4 is 15.2 Å². The number of nitrogens with one attached hydrogen (secondary N) is 1. The van der Waals surface area contributed by atoms with E-state index in [1.807, 2.05) is 35.0 Å². The van der Waals surface area contributed by atoms with Gasteiger partial charge in [0.1, 0.15) is 17.6 Å². The van der Waals surface area contributed by atoms with Gasteiger partial charge in [-0.2, -0.15) is 0 Å². The van der Waals surface area contributed by atoms with Gasteiger partial charge in [-0.3, -0.25) is 4.79 Å². The Labute approximate surface area is 208 Å². The molecular weight excluding hydrogens is 459 g/mol. The minimum Gasteiger partial charge on any atom is -0.497 e. The zero-order valence-electron chi connectivity index (χ0n) is 20.4. The number of aromatic nitrogens is 5. The lowest BCUT2D eigenvalue weighted by Gasteiger charge is -2.42. The van der Waals surface area contributed by atoms with Gasteiger partial charge in [-0.25, -0.2) is 9.07 Å². The van der Waals surface area contributed by atoms with Gasteiger partial charge in [-0.05, 0) is 91.1 Å². The van der Waals surface area contributed by atoms with E-state index in [-0.39, 0.29) is 23.5 Å². The number of nitrogens with zero attached hydrogens (tertiary/aromatic N) is 5. The summed E-state index contributed by atoms with van der Waals surface area (Å²) in [5, 5.41) is 13.8. The first kappa shape index (κ1) is 22.7. The van der Waals surface area contributed by atoms with E-state index >= 15 is 0 Å². The SMILES string of the molecule is COc1ccc2[nH]c(=O)c(C(c3nnnn3C3CCCC3)N3c4ccc(F)cc4CCC3C)cc2c1. The number of hydrogen-bond acceptors (Lipinski definition) is 6. The average Bonchev–Trinajstić information content (AvgIpc) is 3.58. The van der Waals surface area contributed by atoms with Crippen molar-refractivity contribution in [3.8, 4) is 5.75 Å². The molecule has 1 N–H and O–H groups in total. The Morgan fingerprint density at radius 2 is 1.94 bits per heavy atom. The van der Waals surface area contributed by atoms with Gasteiger partial charge in [-0.1, -0.05) is 12.8 Å². The number of H-pyrrole nitrogens is 1. The van der Waals surface area contributed by atoms with Crippen LogP contribution in [-0.2, 0) is 6.42 Å². The van der Waals surface area contributed by atoms with Crippen LogP contribution in [0.5, 0.6) is 5.75 Å². The second-order valence-corrected chi connectivity index (χ2v) is 9.90. The number of rotatable bonds is 5. The minimum absolute atomic E-state index is 0.0853. The lowest BCUT2D eigenvalue weighted by molar-refractivity contribution is 0.415. The Morgan fingerprint density at radius 3 is 2.75 bits per heavy atom. The fourth-order valence-electron chi connectivity index (χ4n) is 5.88. The lowest BCUT2D eigenvalue weighted by Crippen LogP contribution is -2.44. The number of hydrogen-bond donors (Lipinski definition) is 1. The molecule has 186 valence electrons. The first-order valence-electron chi connectivity index (χ1n) is 12.6. The first-order valence-corrected chi connectivity index (χ1v) is 12.6. The van der Waals surface area contributed by atoms with Gasteiger partial charge in [0.15, 0.2) is 5.82 Å². The Bertz CT molecular complexity index is 1470. The molecule has 2 atom stereocenters. The highest BCUT2D eigenvalue weighted by molar-refractivity contribution is 5.81. The highest BCUT2D eigenvalue weighted by Gasteiger charge is 2.38. The molecule has 2 unspecified atom stereocenters. The molecule has 8 nitrogen and oxygen atoms in total. The Hall–Kier alpha value is -3.75. The fraction of sp³-hybridized carbons (Fsp3) is 0.407. The summed E-state index contributed by atoms with van der Waals surface area (Å²) in [5.41, 5.74) is 2.92. The molecule has 0 radical (unpaired) electrons. The summed E-state index contributed by atoms with van der Waals surface area (Å²) in [7, 11) is 1.62. The largest absolute Gasteiger partial charge is 0.497 e. The number of ether oxygens (including phenoxy) is 1. The van der Waals surface area contributed by atoms with Crippen molar-refractivity contribution in [2.75, 3.05) is 12.0 Å². The van der Waals surface area contributed by atoms with Crippen LogP contribution in [0.25, 0.3) is 10.9 Å². The zero-order chi connectivity index (χ0) is 24.8. The van der Waals surface area contributed by atoms with Crippen molar-refractivity contribution in [2.45, 2.75) is 63.6 Å². The number of anilines is 1. The molecule has 0 saturated heterocycles. The van der Waals surface area contributed by atoms with Crippen LogP contribution in [0.4, 0.5) is 10.1 Å². The van der Waals surface area contributed by atoms with Gasteiger partial charge in [0.25, 0.3) is 5.56 Å². The van der Waals surface area contributed by atoms with E-state index in [0.717, 1.165) is 60.7 Å². The van der Waals surface area contributed by atoms with E-state index in [4.69, 9.17) is 4.74 Å².